The van der Waals surface area contributed by atoms with Crippen LogP contribution in [0.15, 0.2) is 42.5 Å². The fraction of sp³-hybridized carbons (Fsp3) is 0.409. The lowest BCUT2D eigenvalue weighted by Gasteiger charge is -2.36. The van der Waals surface area contributed by atoms with E-state index in [-0.39, 0.29) is 12.0 Å². The van der Waals surface area contributed by atoms with Gasteiger partial charge in [0, 0.05) is 28.9 Å². The summed E-state index contributed by atoms with van der Waals surface area (Å²) in [5.74, 6) is 0.699. The van der Waals surface area contributed by atoms with Crippen molar-refractivity contribution in [2.75, 3.05) is 18.5 Å². The van der Waals surface area contributed by atoms with Gasteiger partial charge in [0.15, 0.2) is 0 Å². The van der Waals surface area contributed by atoms with Gasteiger partial charge in [-0.2, -0.15) is 0 Å². The Kier molecular flexibility index (Phi) is 6.86. The molecule has 1 heterocycles. The van der Waals surface area contributed by atoms with Crippen LogP contribution in [-0.2, 0) is 14.9 Å². The molecule has 0 spiro atoms. The van der Waals surface area contributed by atoms with E-state index in [4.69, 9.17) is 32.7 Å². The molecule has 1 aliphatic rings. The molecule has 1 fully saturated rings. The summed E-state index contributed by atoms with van der Waals surface area (Å²) in [6.07, 6.45) is 2.22. The summed E-state index contributed by atoms with van der Waals surface area (Å²) in [5.41, 5.74) is 0.764. The highest BCUT2D eigenvalue weighted by Gasteiger charge is 2.43. The molecule has 1 amide bonds. The van der Waals surface area contributed by atoms with E-state index in [9.17, 15) is 4.79 Å². The maximum Gasteiger partial charge on any atom is 0.235 e. The molecule has 6 heteroatoms. The van der Waals surface area contributed by atoms with Gasteiger partial charge in [-0.1, -0.05) is 36.2 Å². The summed E-state index contributed by atoms with van der Waals surface area (Å²) < 4.78 is 11.3. The number of carbonyl (C=O) groups is 1. The molecule has 1 aliphatic heterocycles. The second-order valence-corrected chi connectivity index (χ2v) is 7.98. The van der Waals surface area contributed by atoms with Gasteiger partial charge >= 0.3 is 0 Å². The van der Waals surface area contributed by atoms with Crippen molar-refractivity contribution < 1.29 is 14.3 Å². The first-order valence-corrected chi connectivity index (χ1v) is 10.3. The van der Waals surface area contributed by atoms with Crippen LogP contribution in [-0.4, -0.2) is 25.2 Å². The van der Waals surface area contributed by atoms with Crippen molar-refractivity contribution in [2.45, 2.75) is 44.6 Å². The minimum absolute atomic E-state index is 0.0874. The zero-order valence-corrected chi connectivity index (χ0v) is 17.6. The van der Waals surface area contributed by atoms with Crippen molar-refractivity contribution in [3.05, 3.63) is 58.1 Å². The molecule has 0 saturated carbocycles. The Labute approximate surface area is 176 Å². The number of carbonyl (C=O) groups excluding carboxylic acids is 1. The zero-order valence-electron chi connectivity index (χ0n) is 16.1. The highest BCUT2D eigenvalue weighted by Crippen LogP contribution is 2.40. The van der Waals surface area contributed by atoms with Crippen LogP contribution >= 0.6 is 23.2 Å². The fourth-order valence-corrected chi connectivity index (χ4v) is 3.99. The monoisotopic (exact) mass is 421 g/mol. The third-order valence-corrected chi connectivity index (χ3v) is 5.80. The highest BCUT2D eigenvalue weighted by molar-refractivity contribution is 6.35. The summed E-state index contributed by atoms with van der Waals surface area (Å²) >= 11 is 12.5. The molecule has 2 aromatic rings. The number of amides is 1. The number of rotatable bonds is 6. The van der Waals surface area contributed by atoms with Crippen LogP contribution in [0.3, 0.4) is 0 Å². The average Bonchev–Trinajstić information content (AvgIpc) is 2.69. The van der Waals surface area contributed by atoms with Crippen LogP contribution in [0.4, 0.5) is 5.69 Å². The van der Waals surface area contributed by atoms with Gasteiger partial charge in [-0.25, -0.2) is 0 Å². The quantitative estimate of drug-likeness (QED) is 0.635. The van der Waals surface area contributed by atoms with Gasteiger partial charge in [-0.05, 0) is 68.1 Å². The third-order valence-electron chi connectivity index (χ3n) is 5.25. The maximum atomic E-state index is 13.3. The van der Waals surface area contributed by atoms with Crippen LogP contribution < -0.4 is 10.1 Å². The minimum atomic E-state index is -0.744. The molecule has 150 valence electrons. The van der Waals surface area contributed by atoms with Crippen molar-refractivity contribution in [1.29, 1.82) is 0 Å². The Bertz CT molecular complexity index is 817. The standard InChI is InChI=1S/C22H25Cl2NO3/c1-3-15(2)28-18-7-5-17(6-8-18)25-21(26)22(10-12-27-13-11-22)19-9-4-16(23)14-20(19)24/h4-9,14-15H,3,10-13H2,1-2H3,(H,25,26)/t15-/m1/s1. The van der Waals surface area contributed by atoms with E-state index in [1.54, 1.807) is 12.1 Å². The molecule has 28 heavy (non-hydrogen) atoms. The average molecular weight is 422 g/mol. The predicted molar refractivity (Wildman–Crippen MR) is 114 cm³/mol. The van der Waals surface area contributed by atoms with Gasteiger partial charge in [-0.15, -0.1) is 0 Å². The third kappa shape index (κ3) is 4.62. The Hall–Kier alpha value is -1.75. The predicted octanol–water partition coefficient (Wildman–Crippen LogP) is 5.86. The molecule has 2 aromatic carbocycles. The van der Waals surface area contributed by atoms with E-state index in [2.05, 4.69) is 12.2 Å². The van der Waals surface area contributed by atoms with Gasteiger partial charge < -0.3 is 14.8 Å². The first-order valence-electron chi connectivity index (χ1n) is 9.56. The van der Waals surface area contributed by atoms with E-state index in [0.29, 0.717) is 36.1 Å². The molecule has 0 aliphatic carbocycles. The molecule has 1 atom stereocenters. The van der Waals surface area contributed by atoms with Crippen LogP contribution in [0.2, 0.25) is 10.0 Å². The van der Waals surface area contributed by atoms with E-state index in [1.807, 2.05) is 37.3 Å². The maximum absolute atomic E-state index is 13.3. The smallest absolute Gasteiger partial charge is 0.235 e. The zero-order chi connectivity index (χ0) is 20.1. The lowest BCUT2D eigenvalue weighted by molar-refractivity contribution is -0.125. The van der Waals surface area contributed by atoms with Crippen molar-refractivity contribution in [3.8, 4) is 5.75 Å². The molecule has 0 radical (unpaired) electrons. The Morgan fingerprint density at radius 2 is 1.86 bits per heavy atom. The van der Waals surface area contributed by atoms with Gasteiger partial charge in [0.1, 0.15) is 5.75 Å². The lowest BCUT2D eigenvalue weighted by atomic mass is 9.73. The van der Waals surface area contributed by atoms with Crippen molar-refractivity contribution >= 4 is 34.8 Å². The van der Waals surface area contributed by atoms with Gasteiger partial charge in [0.05, 0.1) is 11.5 Å². The van der Waals surface area contributed by atoms with E-state index in [1.165, 1.54) is 0 Å². The number of nitrogens with one attached hydrogen (secondary N) is 1. The van der Waals surface area contributed by atoms with Crippen LogP contribution in [0.25, 0.3) is 0 Å². The molecule has 0 aromatic heterocycles. The number of anilines is 1. The SMILES string of the molecule is CC[C@@H](C)Oc1ccc(NC(=O)C2(c3ccc(Cl)cc3Cl)CCOCC2)cc1. The number of halogens is 2. The number of hydrogen-bond donors (Lipinski definition) is 1. The molecule has 0 unspecified atom stereocenters. The van der Waals surface area contributed by atoms with Crippen molar-refractivity contribution in [3.63, 3.8) is 0 Å². The normalized spacial score (nSPS) is 17.0. The van der Waals surface area contributed by atoms with Gasteiger partial charge in [0.2, 0.25) is 5.91 Å². The van der Waals surface area contributed by atoms with E-state index in [0.717, 1.165) is 23.4 Å². The molecular weight excluding hydrogens is 397 g/mol. The topological polar surface area (TPSA) is 47.6 Å². The van der Waals surface area contributed by atoms with E-state index >= 15 is 0 Å². The van der Waals surface area contributed by atoms with Gasteiger partial charge in [-0.3, -0.25) is 4.79 Å². The molecule has 1 saturated heterocycles. The minimum Gasteiger partial charge on any atom is -0.491 e. The number of ether oxygens (including phenoxy) is 2. The lowest BCUT2D eigenvalue weighted by Crippen LogP contribution is -2.45. The number of hydrogen-bond acceptors (Lipinski definition) is 3. The molecule has 0 bridgehead atoms. The van der Waals surface area contributed by atoms with Crippen LogP contribution in [0, 0.1) is 0 Å². The molecular formula is C22H25Cl2NO3. The fourth-order valence-electron chi connectivity index (χ4n) is 3.40. The first kappa shape index (κ1) is 21.0. The summed E-state index contributed by atoms with van der Waals surface area (Å²) in [5, 5.41) is 4.10. The summed E-state index contributed by atoms with van der Waals surface area (Å²) in [7, 11) is 0. The highest BCUT2D eigenvalue weighted by atomic mass is 35.5. The number of benzene rings is 2. The summed E-state index contributed by atoms with van der Waals surface area (Å²) in [4.78, 5) is 13.3. The van der Waals surface area contributed by atoms with Crippen LogP contribution in [0.1, 0.15) is 38.7 Å². The van der Waals surface area contributed by atoms with Crippen molar-refractivity contribution in [1.82, 2.24) is 0 Å². The molecule has 3 rings (SSSR count). The molecule has 1 N–H and O–H groups in total. The Balaban J connectivity index is 1.82. The summed E-state index contributed by atoms with van der Waals surface area (Å²) in [6.45, 7) is 5.12. The second kappa shape index (κ2) is 9.17. The summed E-state index contributed by atoms with van der Waals surface area (Å²) in [6, 6.07) is 12.7. The second-order valence-electron chi connectivity index (χ2n) is 7.13. The van der Waals surface area contributed by atoms with Crippen molar-refractivity contribution in [2.24, 2.45) is 0 Å². The Morgan fingerprint density at radius 1 is 1.18 bits per heavy atom. The largest absolute Gasteiger partial charge is 0.491 e. The van der Waals surface area contributed by atoms with Gasteiger partial charge in [0.25, 0.3) is 0 Å². The Morgan fingerprint density at radius 3 is 2.46 bits per heavy atom. The molecule has 4 nitrogen and oxygen atoms in total. The van der Waals surface area contributed by atoms with Crippen LogP contribution in [0.5, 0.6) is 5.75 Å². The van der Waals surface area contributed by atoms with E-state index < -0.39 is 5.41 Å². The first-order chi connectivity index (χ1) is 13.4.